The molecule has 0 N–H and O–H groups in total. The van der Waals surface area contributed by atoms with Crippen LogP contribution in [0.5, 0.6) is 5.75 Å². The molecule has 0 atom stereocenters. The monoisotopic (exact) mass is 426 g/mol. The minimum absolute atomic E-state index is 0.00217. The van der Waals surface area contributed by atoms with E-state index in [1.54, 1.807) is 13.2 Å². The van der Waals surface area contributed by atoms with E-state index in [0.717, 1.165) is 16.9 Å². The molecule has 0 fully saturated rings. The van der Waals surface area contributed by atoms with Crippen molar-refractivity contribution in [3.05, 3.63) is 76.6 Å². The Morgan fingerprint density at radius 2 is 1.97 bits per heavy atom. The first kappa shape index (κ1) is 19.2. The van der Waals surface area contributed by atoms with E-state index in [-0.39, 0.29) is 6.61 Å². The van der Waals surface area contributed by atoms with Crippen LogP contribution in [0.3, 0.4) is 0 Å². The Kier molecular flexibility index (Phi) is 5.59. The van der Waals surface area contributed by atoms with Crippen LogP contribution < -0.4 is 4.74 Å². The fourth-order valence-electron chi connectivity index (χ4n) is 2.58. The van der Waals surface area contributed by atoms with Crippen LogP contribution in [0.15, 0.2) is 65.4 Å². The Morgan fingerprint density at radius 3 is 2.72 bits per heavy atom. The smallest absolute Gasteiger partial charge is 0.350 e. The zero-order valence-corrected chi connectivity index (χ0v) is 16.9. The van der Waals surface area contributed by atoms with E-state index in [9.17, 15) is 4.79 Å². The van der Waals surface area contributed by atoms with Gasteiger partial charge in [-0.15, -0.1) is 11.3 Å². The van der Waals surface area contributed by atoms with Crippen molar-refractivity contribution in [1.82, 2.24) is 9.97 Å². The highest BCUT2D eigenvalue weighted by atomic mass is 35.5. The molecule has 4 rings (SSSR count). The van der Waals surface area contributed by atoms with Crippen LogP contribution >= 0.6 is 22.9 Å². The summed E-state index contributed by atoms with van der Waals surface area (Å²) in [5.41, 5.74) is 2.09. The van der Waals surface area contributed by atoms with Gasteiger partial charge in [0.2, 0.25) is 5.89 Å². The van der Waals surface area contributed by atoms with Gasteiger partial charge < -0.3 is 13.9 Å². The zero-order valence-electron chi connectivity index (χ0n) is 15.3. The fraction of sp³-hybridized carbons (Fsp3) is 0.0952. The first-order chi connectivity index (χ1) is 14.1. The molecule has 0 aliphatic heterocycles. The lowest BCUT2D eigenvalue weighted by atomic mass is 10.2. The van der Waals surface area contributed by atoms with Crippen molar-refractivity contribution in [2.75, 3.05) is 7.11 Å². The summed E-state index contributed by atoms with van der Waals surface area (Å²) >= 11 is 7.41. The summed E-state index contributed by atoms with van der Waals surface area (Å²) in [5.74, 6) is 0.711. The van der Waals surface area contributed by atoms with Crippen LogP contribution in [-0.2, 0) is 11.3 Å². The van der Waals surface area contributed by atoms with Crippen molar-refractivity contribution in [1.29, 1.82) is 0 Å². The van der Waals surface area contributed by atoms with Crippen molar-refractivity contribution in [3.63, 3.8) is 0 Å². The molecule has 0 aliphatic carbocycles. The summed E-state index contributed by atoms with van der Waals surface area (Å²) in [6, 6.07) is 14.7. The minimum atomic E-state index is -0.477. The van der Waals surface area contributed by atoms with Gasteiger partial charge in [-0.05, 0) is 30.3 Å². The zero-order chi connectivity index (χ0) is 20.2. The maximum atomic E-state index is 12.3. The van der Waals surface area contributed by atoms with Crippen molar-refractivity contribution < 1.29 is 18.7 Å². The average molecular weight is 427 g/mol. The highest BCUT2D eigenvalue weighted by Crippen LogP contribution is 2.31. The number of rotatable bonds is 6. The van der Waals surface area contributed by atoms with E-state index in [4.69, 9.17) is 25.5 Å². The summed E-state index contributed by atoms with van der Waals surface area (Å²) in [6.45, 7) is -0.00217. The number of ether oxygens (including phenoxy) is 2. The number of carbonyl (C=O) groups is 1. The highest BCUT2D eigenvalue weighted by Gasteiger charge is 2.16. The summed E-state index contributed by atoms with van der Waals surface area (Å²) in [4.78, 5) is 21.3. The molecule has 0 saturated heterocycles. The second-order valence-electron chi connectivity index (χ2n) is 5.96. The SMILES string of the molecule is COc1ccc(-c2nc(COC(=O)c3cnc(-c4ccccc4Cl)s3)co2)cc1. The molecule has 2 aromatic carbocycles. The number of methoxy groups -OCH3 is 1. The quantitative estimate of drug-likeness (QED) is 0.380. The van der Waals surface area contributed by atoms with E-state index in [1.807, 2.05) is 42.5 Å². The predicted octanol–water partition coefficient (Wildman–Crippen LogP) is 5.48. The molecule has 0 bridgehead atoms. The third kappa shape index (κ3) is 4.31. The number of benzene rings is 2. The van der Waals surface area contributed by atoms with E-state index < -0.39 is 5.97 Å². The van der Waals surface area contributed by atoms with Gasteiger partial charge in [-0.3, -0.25) is 0 Å². The van der Waals surface area contributed by atoms with Gasteiger partial charge in [0.15, 0.2) is 0 Å². The molecule has 2 aromatic heterocycles. The normalized spacial score (nSPS) is 10.7. The molecule has 0 unspecified atom stereocenters. The maximum absolute atomic E-state index is 12.3. The highest BCUT2D eigenvalue weighted by molar-refractivity contribution is 7.16. The van der Waals surface area contributed by atoms with Crippen molar-refractivity contribution in [3.8, 4) is 27.8 Å². The Morgan fingerprint density at radius 1 is 1.17 bits per heavy atom. The van der Waals surface area contributed by atoms with Crippen molar-refractivity contribution in [2.24, 2.45) is 0 Å². The van der Waals surface area contributed by atoms with Crippen LogP contribution in [-0.4, -0.2) is 23.0 Å². The molecule has 2 heterocycles. The Balaban J connectivity index is 1.40. The third-order valence-electron chi connectivity index (χ3n) is 4.05. The number of esters is 1. The molecule has 0 aliphatic rings. The summed E-state index contributed by atoms with van der Waals surface area (Å²) in [6.07, 6.45) is 2.95. The number of hydrogen-bond donors (Lipinski definition) is 0. The molecular weight excluding hydrogens is 412 g/mol. The average Bonchev–Trinajstić information content (AvgIpc) is 3.42. The van der Waals surface area contributed by atoms with Gasteiger partial charge in [0.05, 0.1) is 18.3 Å². The van der Waals surface area contributed by atoms with Gasteiger partial charge in [0.1, 0.15) is 34.2 Å². The Labute approximate surface area is 175 Å². The van der Waals surface area contributed by atoms with Gasteiger partial charge in [-0.25, -0.2) is 14.8 Å². The van der Waals surface area contributed by atoms with Gasteiger partial charge in [0, 0.05) is 11.1 Å². The van der Waals surface area contributed by atoms with Crippen LogP contribution in [0.25, 0.3) is 22.0 Å². The van der Waals surface area contributed by atoms with E-state index in [1.165, 1.54) is 23.8 Å². The number of hydrogen-bond acceptors (Lipinski definition) is 7. The molecular formula is C21H15ClN2O4S. The number of carbonyl (C=O) groups excluding carboxylic acids is 1. The molecule has 6 nitrogen and oxygen atoms in total. The fourth-order valence-corrected chi connectivity index (χ4v) is 3.71. The number of oxazole rings is 1. The first-order valence-corrected chi connectivity index (χ1v) is 9.80. The molecule has 0 spiro atoms. The molecule has 4 aromatic rings. The summed E-state index contributed by atoms with van der Waals surface area (Å²) in [5, 5.41) is 1.24. The third-order valence-corrected chi connectivity index (χ3v) is 5.39. The van der Waals surface area contributed by atoms with Gasteiger partial charge in [-0.2, -0.15) is 0 Å². The lowest BCUT2D eigenvalue weighted by Crippen LogP contribution is -2.03. The second kappa shape index (κ2) is 8.46. The molecule has 8 heteroatoms. The van der Waals surface area contributed by atoms with Gasteiger partial charge in [-0.1, -0.05) is 29.8 Å². The topological polar surface area (TPSA) is 74.5 Å². The van der Waals surface area contributed by atoms with Crippen LogP contribution in [0.4, 0.5) is 0 Å². The Hall–Kier alpha value is -3.16. The van der Waals surface area contributed by atoms with Crippen molar-refractivity contribution >= 4 is 28.9 Å². The number of aromatic nitrogens is 2. The molecule has 0 radical (unpaired) electrons. The molecule has 0 amide bonds. The lowest BCUT2D eigenvalue weighted by Gasteiger charge is -2.00. The molecule has 0 saturated carbocycles. The minimum Gasteiger partial charge on any atom is -0.497 e. The van der Waals surface area contributed by atoms with Crippen LogP contribution in [0, 0.1) is 0 Å². The number of nitrogens with zero attached hydrogens (tertiary/aromatic N) is 2. The summed E-state index contributed by atoms with van der Waals surface area (Å²) < 4.78 is 15.9. The number of thiazole rings is 1. The van der Waals surface area contributed by atoms with Gasteiger partial charge in [0.25, 0.3) is 0 Å². The van der Waals surface area contributed by atoms with E-state index >= 15 is 0 Å². The van der Waals surface area contributed by atoms with Crippen LogP contribution in [0.2, 0.25) is 5.02 Å². The predicted molar refractivity (Wildman–Crippen MR) is 110 cm³/mol. The van der Waals surface area contributed by atoms with E-state index in [2.05, 4.69) is 9.97 Å². The second-order valence-corrected chi connectivity index (χ2v) is 7.40. The standard InChI is InChI=1S/C21H15ClN2O4S/c1-26-15-8-6-13(7-9-15)19-24-14(11-27-19)12-28-21(25)18-10-23-20(29-18)16-4-2-3-5-17(16)22/h2-11H,12H2,1H3. The lowest BCUT2D eigenvalue weighted by molar-refractivity contribution is 0.0473. The maximum Gasteiger partial charge on any atom is 0.350 e. The Bertz CT molecular complexity index is 1140. The molecule has 29 heavy (non-hydrogen) atoms. The van der Waals surface area contributed by atoms with Crippen LogP contribution in [0.1, 0.15) is 15.4 Å². The molecule has 146 valence electrons. The number of halogens is 1. The largest absolute Gasteiger partial charge is 0.497 e. The van der Waals surface area contributed by atoms with E-state index in [0.29, 0.717) is 26.5 Å². The van der Waals surface area contributed by atoms with Crippen molar-refractivity contribution in [2.45, 2.75) is 6.61 Å². The summed E-state index contributed by atoms with van der Waals surface area (Å²) in [7, 11) is 1.60. The first-order valence-electron chi connectivity index (χ1n) is 8.60. The van der Waals surface area contributed by atoms with Gasteiger partial charge >= 0.3 is 5.97 Å².